The van der Waals surface area contributed by atoms with Gasteiger partial charge in [0.2, 0.25) is 5.91 Å². The lowest BCUT2D eigenvalue weighted by Crippen LogP contribution is -2.56. The molecule has 0 saturated carbocycles. The van der Waals surface area contributed by atoms with Gasteiger partial charge in [-0.25, -0.2) is 8.42 Å². The molecule has 0 bridgehead atoms. The molecule has 2 aromatic heterocycles. The van der Waals surface area contributed by atoms with E-state index in [4.69, 9.17) is 4.99 Å². The topological polar surface area (TPSA) is 89.1 Å². The molecule has 8 nitrogen and oxygen atoms in total. The molecule has 3 aromatic rings. The monoisotopic (exact) mass is 545 g/mol. The van der Waals surface area contributed by atoms with Gasteiger partial charge in [-0.1, -0.05) is 30.0 Å². The Labute approximate surface area is 220 Å². The van der Waals surface area contributed by atoms with Crippen molar-refractivity contribution in [2.45, 2.75) is 41.8 Å². The van der Waals surface area contributed by atoms with E-state index >= 15 is 0 Å². The molecule has 0 spiro atoms. The van der Waals surface area contributed by atoms with Crippen molar-refractivity contribution in [3.05, 3.63) is 47.5 Å². The Hall–Kier alpha value is -2.34. The number of rotatable bonds is 6. The van der Waals surface area contributed by atoms with Crippen LogP contribution in [0.2, 0.25) is 0 Å². The molecule has 1 N–H and O–H groups in total. The summed E-state index contributed by atoms with van der Waals surface area (Å²) in [7, 11) is 0.0504. The Kier molecular flexibility index (Phi) is 6.92. The SMILES string of the molecule is CC1CN(C(=O)CC2CN=C(c3cc4cccc(N(C)S(=O)(=O)c5cccs5)c4[nH]3)S2)CC(C)N1C. The molecule has 3 atom stereocenters. The van der Waals surface area contributed by atoms with Gasteiger partial charge in [0.15, 0.2) is 0 Å². The fourth-order valence-electron chi connectivity index (χ4n) is 4.80. The predicted octanol–water partition coefficient (Wildman–Crippen LogP) is 3.86. The van der Waals surface area contributed by atoms with E-state index in [2.05, 4.69) is 30.8 Å². The van der Waals surface area contributed by atoms with Crippen molar-refractivity contribution in [1.29, 1.82) is 0 Å². The molecule has 1 fully saturated rings. The second-order valence-electron chi connectivity index (χ2n) is 9.58. The summed E-state index contributed by atoms with van der Waals surface area (Å²) in [5.41, 5.74) is 2.18. The van der Waals surface area contributed by atoms with E-state index in [1.165, 1.54) is 15.6 Å². The first-order valence-electron chi connectivity index (χ1n) is 12.0. The number of thiophene rings is 1. The highest BCUT2D eigenvalue weighted by atomic mass is 32.2. The van der Waals surface area contributed by atoms with Crippen LogP contribution in [0.25, 0.3) is 10.9 Å². The van der Waals surface area contributed by atoms with Gasteiger partial charge in [-0.3, -0.25) is 19.0 Å². The summed E-state index contributed by atoms with van der Waals surface area (Å²) < 4.78 is 27.8. The number of benzene rings is 1. The lowest BCUT2D eigenvalue weighted by atomic mass is 10.1. The largest absolute Gasteiger partial charge is 0.351 e. The minimum atomic E-state index is -3.64. The van der Waals surface area contributed by atoms with Gasteiger partial charge >= 0.3 is 0 Å². The number of aromatic amines is 1. The first-order chi connectivity index (χ1) is 17.1. The van der Waals surface area contributed by atoms with Crippen LogP contribution in [0, 0.1) is 0 Å². The maximum atomic E-state index is 13.1. The number of carbonyl (C=O) groups excluding carboxylic acids is 1. The van der Waals surface area contributed by atoms with Crippen LogP contribution >= 0.6 is 23.1 Å². The Morgan fingerprint density at radius 1 is 1.19 bits per heavy atom. The van der Waals surface area contributed by atoms with Gasteiger partial charge in [-0.05, 0) is 44.5 Å². The highest BCUT2D eigenvalue weighted by Crippen LogP contribution is 2.34. The molecule has 2 aliphatic heterocycles. The first kappa shape index (κ1) is 25.3. The number of H-pyrrole nitrogens is 1. The zero-order valence-corrected chi connectivity index (χ0v) is 23.3. The molecule has 36 heavy (non-hydrogen) atoms. The van der Waals surface area contributed by atoms with Crippen LogP contribution in [-0.4, -0.2) is 85.2 Å². The van der Waals surface area contributed by atoms with Crippen LogP contribution < -0.4 is 4.31 Å². The minimum absolute atomic E-state index is 0.102. The highest BCUT2D eigenvalue weighted by molar-refractivity contribution is 8.15. The smallest absolute Gasteiger partial charge is 0.273 e. The summed E-state index contributed by atoms with van der Waals surface area (Å²) in [6, 6.07) is 11.7. The summed E-state index contributed by atoms with van der Waals surface area (Å²) in [5.74, 6) is 0.190. The zero-order chi connectivity index (χ0) is 25.6. The Balaban J connectivity index is 1.30. The van der Waals surface area contributed by atoms with Crippen LogP contribution in [0.3, 0.4) is 0 Å². The maximum absolute atomic E-state index is 13.1. The van der Waals surface area contributed by atoms with E-state index in [9.17, 15) is 13.2 Å². The number of carbonyl (C=O) groups is 1. The average Bonchev–Trinajstić information content (AvgIpc) is 3.62. The number of anilines is 1. The molecule has 1 amide bonds. The van der Waals surface area contributed by atoms with Crippen LogP contribution in [0.1, 0.15) is 26.0 Å². The lowest BCUT2D eigenvalue weighted by molar-refractivity contribution is -0.135. The molecule has 0 aliphatic carbocycles. The first-order valence-corrected chi connectivity index (χ1v) is 15.2. The number of likely N-dealkylation sites (N-methyl/N-ethyl adjacent to an activating group) is 1. The second kappa shape index (κ2) is 9.85. The van der Waals surface area contributed by atoms with Gasteiger partial charge in [0, 0.05) is 49.3 Å². The van der Waals surface area contributed by atoms with E-state index in [0.717, 1.165) is 34.7 Å². The second-order valence-corrected chi connectivity index (χ2v) is 14.0. The minimum Gasteiger partial charge on any atom is -0.351 e. The molecule has 192 valence electrons. The third kappa shape index (κ3) is 4.69. The van der Waals surface area contributed by atoms with Crippen molar-refractivity contribution >= 4 is 60.7 Å². The number of sulfonamides is 1. The number of aliphatic imine (C=N–C) groups is 1. The number of aromatic nitrogens is 1. The third-order valence-corrected chi connectivity index (χ3v) is 11.5. The summed E-state index contributed by atoms with van der Waals surface area (Å²) >= 11 is 2.83. The van der Waals surface area contributed by atoms with Gasteiger partial charge in [0.25, 0.3) is 10.0 Å². The number of nitrogens with zero attached hydrogens (tertiary/aromatic N) is 4. The maximum Gasteiger partial charge on any atom is 0.273 e. The van der Waals surface area contributed by atoms with E-state index in [-0.39, 0.29) is 11.2 Å². The van der Waals surface area contributed by atoms with Crippen molar-refractivity contribution in [3.63, 3.8) is 0 Å². The number of nitrogens with one attached hydrogen (secondary N) is 1. The summed E-state index contributed by atoms with van der Waals surface area (Å²) in [6.45, 7) is 6.44. The summed E-state index contributed by atoms with van der Waals surface area (Å²) in [4.78, 5) is 25.5. The molecular weight excluding hydrogens is 515 g/mol. The Morgan fingerprint density at radius 3 is 2.64 bits per heavy atom. The quantitative estimate of drug-likeness (QED) is 0.508. The highest BCUT2D eigenvalue weighted by Gasteiger charge is 2.32. The van der Waals surface area contributed by atoms with Crippen molar-refractivity contribution in [2.24, 2.45) is 4.99 Å². The number of amides is 1. The number of piperazine rings is 1. The van der Waals surface area contributed by atoms with Crippen LogP contribution in [0.4, 0.5) is 5.69 Å². The number of thioether (sulfide) groups is 1. The van der Waals surface area contributed by atoms with Crippen LogP contribution in [0.5, 0.6) is 0 Å². The standard InChI is InChI=1S/C25H31N5O3S3/c1-16-14-30(15-17(2)28(16)3)22(31)12-19-13-26-25(35-19)20-11-18-7-5-8-21(24(18)27-20)29(4)36(32,33)23-9-6-10-34-23/h5-11,16-17,19,27H,12-15H2,1-4H3. The van der Waals surface area contributed by atoms with Gasteiger partial charge in [-0.15, -0.1) is 11.3 Å². The fraction of sp³-hybridized carbons (Fsp3) is 0.440. The molecule has 4 heterocycles. The zero-order valence-electron chi connectivity index (χ0n) is 20.8. The molecule has 11 heteroatoms. The van der Waals surface area contributed by atoms with E-state index in [0.29, 0.717) is 34.9 Å². The number of hydrogen-bond donors (Lipinski definition) is 1. The van der Waals surface area contributed by atoms with Crippen LogP contribution in [-0.2, 0) is 14.8 Å². The Morgan fingerprint density at radius 2 is 1.94 bits per heavy atom. The van der Waals surface area contributed by atoms with Gasteiger partial charge in [-0.2, -0.15) is 0 Å². The number of fused-ring (bicyclic) bond motifs is 1. The van der Waals surface area contributed by atoms with Crippen molar-refractivity contribution in [1.82, 2.24) is 14.8 Å². The normalized spacial score (nSPS) is 23.3. The van der Waals surface area contributed by atoms with Crippen molar-refractivity contribution in [3.8, 4) is 0 Å². The number of hydrogen-bond acceptors (Lipinski definition) is 7. The third-order valence-electron chi connectivity index (χ3n) is 7.15. The number of para-hydroxylation sites is 1. The van der Waals surface area contributed by atoms with Gasteiger partial charge in [0.1, 0.15) is 9.25 Å². The fourth-order valence-corrected chi connectivity index (χ4v) is 8.24. The summed E-state index contributed by atoms with van der Waals surface area (Å²) in [5, 5.41) is 3.64. The van der Waals surface area contributed by atoms with E-state index in [1.54, 1.807) is 42.4 Å². The Bertz CT molecular complexity index is 1390. The molecular formula is C25H31N5O3S3. The molecule has 0 radical (unpaired) electrons. The molecule has 1 saturated heterocycles. The van der Waals surface area contributed by atoms with Crippen LogP contribution in [0.15, 0.2) is 51.0 Å². The van der Waals surface area contributed by atoms with Gasteiger partial charge < -0.3 is 9.88 Å². The average molecular weight is 546 g/mol. The molecule has 3 unspecified atom stereocenters. The van der Waals surface area contributed by atoms with E-state index < -0.39 is 10.0 Å². The van der Waals surface area contributed by atoms with Crippen molar-refractivity contribution < 1.29 is 13.2 Å². The molecule has 1 aromatic carbocycles. The molecule has 5 rings (SSSR count). The van der Waals surface area contributed by atoms with Crippen molar-refractivity contribution in [2.75, 3.05) is 38.0 Å². The summed E-state index contributed by atoms with van der Waals surface area (Å²) in [6.07, 6.45) is 0.466. The van der Waals surface area contributed by atoms with Gasteiger partial charge in [0.05, 0.1) is 23.4 Å². The van der Waals surface area contributed by atoms with E-state index in [1.807, 2.05) is 23.1 Å². The molecule has 2 aliphatic rings. The lowest BCUT2D eigenvalue weighted by Gasteiger charge is -2.42. The predicted molar refractivity (Wildman–Crippen MR) is 149 cm³/mol.